The third kappa shape index (κ3) is 2.88. The maximum absolute atomic E-state index is 12.2. The Labute approximate surface area is 128 Å². The van der Waals surface area contributed by atoms with E-state index in [9.17, 15) is 4.79 Å². The number of hydrogen-bond donors (Lipinski definition) is 0. The van der Waals surface area contributed by atoms with Gasteiger partial charge in [0.15, 0.2) is 5.69 Å². The standard InChI is InChI=1S/C17H15N3O2/c1-12-8-10-15(11-9-12)22-17(21)16-13(2)18-20(19-16)14-6-4-3-5-7-14/h3-11H,1-2H3. The minimum Gasteiger partial charge on any atom is -0.422 e. The van der Waals surface area contributed by atoms with Gasteiger partial charge in [0.2, 0.25) is 0 Å². The zero-order chi connectivity index (χ0) is 15.5. The number of aryl methyl sites for hydroxylation is 2. The Morgan fingerprint density at radius 3 is 2.32 bits per heavy atom. The fraction of sp³-hybridized carbons (Fsp3) is 0.118. The maximum Gasteiger partial charge on any atom is 0.366 e. The summed E-state index contributed by atoms with van der Waals surface area (Å²) in [6.45, 7) is 3.71. The molecule has 3 aromatic rings. The molecule has 0 fully saturated rings. The van der Waals surface area contributed by atoms with E-state index in [4.69, 9.17) is 4.74 Å². The van der Waals surface area contributed by atoms with Crippen LogP contribution in [0, 0.1) is 13.8 Å². The number of esters is 1. The Balaban J connectivity index is 1.84. The first-order chi connectivity index (χ1) is 10.6. The Hall–Kier alpha value is -2.95. The third-order valence-electron chi connectivity index (χ3n) is 3.19. The van der Waals surface area contributed by atoms with Crippen molar-refractivity contribution in [2.24, 2.45) is 0 Å². The SMILES string of the molecule is Cc1ccc(OC(=O)c2nn(-c3ccccc3)nc2C)cc1. The predicted octanol–water partition coefficient (Wildman–Crippen LogP) is 3.10. The highest BCUT2D eigenvalue weighted by Gasteiger charge is 2.18. The molecule has 0 amide bonds. The number of carbonyl (C=O) groups is 1. The van der Waals surface area contributed by atoms with E-state index in [1.165, 1.54) is 4.80 Å². The van der Waals surface area contributed by atoms with Crippen LogP contribution in [0.2, 0.25) is 0 Å². The lowest BCUT2D eigenvalue weighted by molar-refractivity contribution is 0.0727. The van der Waals surface area contributed by atoms with Crippen molar-refractivity contribution in [2.75, 3.05) is 0 Å². The Morgan fingerprint density at radius 1 is 0.955 bits per heavy atom. The van der Waals surface area contributed by atoms with Crippen molar-refractivity contribution < 1.29 is 9.53 Å². The van der Waals surface area contributed by atoms with Crippen LogP contribution in [0.25, 0.3) is 5.69 Å². The van der Waals surface area contributed by atoms with Gasteiger partial charge in [-0.2, -0.15) is 9.90 Å². The highest BCUT2D eigenvalue weighted by molar-refractivity contribution is 5.89. The van der Waals surface area contributed by atoms with Crippen molar-refractivity contribution in [3.05, 3.63) is 71.5 Å². The fourth-order valence-corrected chi connectivity index (χ4v) is 2.01. The van der Waals surface area contributed by atoms with Crippen LogP contribution in [0.3, 0.4) is 0 Å². The molecule has 110 valence electrons. The van der Waals surface area contributed by atoms with Crippen molar-refractivity contribution in [1.82, 2.24) is 15.0 Å². The highest BCUT2D eigenvalue weighted by atomic mass is 16.5. The average molecular weight is 293 g/mol. The quantitative estimate of drug-likeness (QED) is 0.550. The molecule has 0 N–H and O–H groups in total. The van der Waals surface area contributed by atoms with Crippen molar-refractivity contribution >= 4 is 5.97 Å². The smallest absolute Gasteiger partial charge is 0.366 e. The summed E-state index contributed by atoms with van der Waals surface area (Å²) in [6.07, 6.45) is 0. The summed E-state index contributed by atoms with van der Waals surface area (Å²) < 4.78 is 5.33. The number of hydrogen-bond acceptors (Lipinski definition) is 4. The molecule has 3 rings (SSSR count). The van der Waals surface area contributed by atoms with Gasteiger partial charge in [-0.3, -0.25) is 0 Å². The number of nitrogens with zero attached hydrogens (tertiary/aromatic N) is 3. The molecule has 5 nitrogen and oxygen atoms in total. The van der Waals surface area contributed by atoms with E-state index in [2.05, 4.69) is 10.2 Å². The van der Waals surface area contributed by atoms with Gasteiger partial charge in [-0.25, -0.2) is 4.79 Å². The normalized spacial score (nSPS) is 10.5. The molecule has 0 bridgehead atoms. The molecule has 0 radical (unpaired) electrons. The second-order valence-electron chi connectivity index (χ2n) is 4.96. The summed E-state index contributed by atoms with van der Waals surface area (Å²) in [4.78, 5) is 13.7. The molecular formula is C17H15N3O2. The van der Waals surface area contributed by atoms with Crippen LogP contribution in [0.1, 0.15) is 21.7 Å². The van der Waals surface area contributed by atoms with Gasteiger partial charge in [-0.15, -0.1) is 5.10 Å². The molecule has 0 aliphatic rings. The average Bonchev–Trinajstić information content (AvgIpc) is 2.92. The largest absolute Gasteiger partial charge is 0.422 e. The molecule has 0 spiro atoms. The Morgan fingerprint density at radius 2 is 1.64 bits per heavy atom. The minimum atomic E-state index is -0.511. The van der Waals surface area contributed by atoms with Gasteiger partial charge >= 0.3 is 5.97 Å². The van der Waals surface area contributed by atoms with Crippen LogP contribution in [0.15, 0.2) is 54.6 Å². The zero-order valence-electron chi connectivity index (χ0n) is 12.4. The summed E-state index contributed by atoms with van der Waals surface area (Å²) >= 11 is 0. The van der Waals surface area contributed by atoms with Gasteiger partial charge in [-0.1, -0.05) is 35.9 Å². The molecule has 0 aliphatic heterocycles. The number of benzene rings is 2. The number of para-hydroxylation sites is 1. The first-order valence-corrected chi connectivity index (χ1v) is 6.92. The molecule has 5 heteroatoms. The number of rotatable bonds is 3. The van der Waals surface area contributed by atoms with E-state index in [0.29, 0.717) is 11.4 Å². The topological polar surface area (TPSA) is 57.0 Å². The van der Waals surface area contributed by atoms with Crippen LogP contribution >= 0.6 is 0 Å². The van der Waals surface area contributed by atoms with Crippen LogP contribution < -0.4 is 4.74 Å². The van der Waals surface area contributed by atoms with Crippen LogP contribution in [-0.4, -0.2) is 21.0 Å². The Bertz CT molecular complexity index is 793. The predicted molar refractivity (Wildman–Crippen MR) is 82.2 cm³/mol. The molecule has 22 heavy (non-hydrogen) atoms. The van der Waals surface area contributed by atoms with E-state index in [1.807, 2.05) is 49.4 Å². The monoisotopic (exact) mass is 293 g/mol. The number of carbonyl (C=O) groups excluding carboxylic acids is 1. The van der Waals surface area contributed by atoms with Gasteiger partial charge < -0.3 is 4.74 Å². The van der Waals surface area contributed by atoms with E-state index in [1.54, 1.807) is 19.1 Å². The summed E-state index contributed by atoms with van der Waals surface area (Å²) in [7, 11) is 0. The van der Waals surface area contributed by atoms with E-state index < -0.39 is 5.97 Å². The van der Waals surface area contributed by atoms with Crippen molar-refractivity contribution in [3.63, 3.8) is 0 Å². The van der Waals surface area contributed by atoms with Crippen molar-refractivity contribution in [3.8, 4) is 11.4 Å². The molecule has 1 aromatic heterocycles. The number of aromatic nitrogens is 3. The van der Waals surface area contributed by atoms with Gasteiger partial charge in [0, 0.05) is 0 Å². The Kier molecular flexibility index (Phi) is 3.70. The summed E-state index contributed by atoms with van der Waals surface area (Å²) in [5.74, 6) is -0.0206. The molecule has 1 heterocycles. The minimum absolute atomic E-state index is 0.212. The van der Waals surface area contributed by atoms with Gasteiger partial charge in [0.05, 0.1) is 11.4 Å². The number of ether oxygens (including phenoxy) is 1. The zero-order valence-corrected chi connectivity index (χ0v) is 12.4. The van der Waals surface area contributed by atoms with Gasteiger partial charge in [-0.05, 0) is 38.1 Å². The van der Waals surface area contributed by atoms with Gasteiger partial charge in [0.1, 0.15) is 5.75 Å². The van der Waals surface area contributed by atoms with E-state index in [0.717, 1.165) is 11.3 Å². The lowest BCUT2D eigenvalue weighted by Crippen LogP contribution is -2.11. The summed E-state index contributed by atoms with van der Waals surface area (Å²) in [5, 5.41) is 8.49. The van der Waals surface area contributed by atoms with Crippen molar-refractivity contribution in [2.45, 2.75) is 13.8 Å². The highest BCUT2D eigenvalue weighted by Crippen LogP contribution is 2.15. The summed E-state index contributed by atoms with van der Waals surface area (Å²) in [5.41, 5.74) is 2.64. The molecule has 0 saturated carbocycles. The van der Waals surface area contributed by atoms with Crippen LogP contribution in [0.5, 0.6) is 5.75 Å². The molecule has 0 unspecified atom stereocenters. The molecule has 0 atom stereocenters. The first-order valence-electron chi connectivity index (χ1n) is 6.92. The van der Waals surface area contributed by atoms with E-state index >= 15 is 0 Å². The summed E-state index contributed by atoms with van der Waals surface area (Å²) in [6, 6.07) is 16.7. The second-order valence-corrected chi connectivity index (χ2v) is 4.96. The molecular weight excluding hydrogens is 278 g/mol. The lowest BCUT2D eigenvalue weighted by Gasteiger charge is -2.02. The van der Waals surface area contributed by atoms with Crippen LogP contribution in [-0.2, 0) is 0 Å². The lowest BCUT2D eigenvalue weighted by atomic mass is 10.2. The first kappa shape index (κ1) is 14.0. The molecule has 2 aromatic carbocycles. The third-order valence-corrected chi connectivity index (χ3v) is 3.19. The fourth-order valence-electron chi connectivity index (χ4n) is 2.01. The second kappa shape index (κ2) is 5.81. The molecule has 0 saturated heterocycles. The van der Waals surface area contributed by atoms with E-state index in [-0.39, 0.29) is 5.69 Å². The van der Waals surface area contributed by atoms with Gasteiger partial charge in [0.25, 0.3) is 0 Å². The van der Waals surface area contributed by atoms with Crippen molar-refractivity contribution in [1.29, 1.82) is 0 Å². The molecule has 0 aliphatic carbocycles. The van der Waals surface area contributed by atoms with Crippen LogP contribution in [0.4, 0.5) is 0 Å². The maximum atomic E-state index is 12.2.